The number of carbonyl (C=O) groups is 2. The number of ether oxygens (including phenoxy) is 1. The van der Waals surface area contributed by atoms with E-state index in [1.165, 1.54) is 0 Å². The molecule has 114 valence electrons. The minimum atomic E-state index is -0.846. The highest BCUT2D eigenvalue weighted by Gasteiger charge is 2.39. The fourth-order valence-electron chi connectivity index (χ4n) is 3.30. The Balaban J connectivity index is 1.96. The molecule has 1 amide bonds. The van der Waals surface area contributed by atoms with Gasteiger partial charge < -0.3 is 20.5 Å². The monoisotopic (exact) mass is 284 g/mol. The van der Waals surface area contributed by atoms with Crippen LogP contribution in [0.2, 0.25) is 0 Å². The van der Waals surface area contributed by atoms with Crippen LogP contribution in [0.5, 0.6) is 0 Å². The van der Waals surface area contributed by atoms with E-state index in [4.69, 9.17) is 9.84 Å². The van der Waals surface area contributed by atoms with Crippen LogP contribution >= 0.6 is 0 Å². The summed E-state index contributed by atoms with van der Waals surface area (Å²) in [5, 5.41) is 15.2. The van der Waals surface area contributed by atoms with Gasteiger partial charge in [0.05, 0.1) is 24.1 Å². The predicted octanol–water partition coefficient (Wildman–Crippen LogP) is 0.657. The van der Waals surface area contributed by atoms with Gasteiger partial charge in [-0.15, -0.1) is 0 Å². The molecule has 2 rings (SSSR count). The zero-order valence-electron chi connectivity index (χ0n) is 12.0. The number of carbonyl (C=O) groups excluding carboxylic acids is 1. The zero-order valence-corrected chi connectivity index (χ0v) is 12.0. The molecule has 0 aromatic rings. The van der Waals surface area contributed by atoms with Crippen LogP contribution in [-0.4, -0.2) is 48.3 Å². The van der Waals surface area contributed by atoms with Crippen molar-refractivity contribution in [3.63, 3.8) is 0 Å². The molecule has 1 saturated heterocycles. The molecule has 1 heterocycles. The third-order valence-corrected chi connectivity index (χ3v) is 4.43. The van der Waals surface area contributed by atoms with Crippen molar-refractivity contribution in [2.75, 3.05) is 13.7 Å². The highest BCUT2D eigenvalue weighted by molar-refractivity contribution is 5.83. The first-order valence-corrected chi connectivity index (χ1v) is 7.35. The number of methoxy groups -OCH3 is 1. The van der Waals surface area contributed by atoms with Gasteiger partial charge in [-0.05, 0) is 19.3 Å². The standard InChI is InChI=1S/C14H24N2O4/c1-20-10-7-11(15-9-10)13(19)16-14(8-12(17)18)5-3-2-4-6-14/h10-11,15H,2-9H2,1H3,(H,16,19)(H,17,18). The van der Waals surface area contributed by atoms with Crippen molar-refractivity contribution in [1.29, 1.82) is 0 Å². The van der Waals surface area contributed by atoms with Crippen LogP contribution in [-0.2, 0) is 14.3 Å². The van der Waals surface area contributed by atoms with Crippen molar-refractivity contribution >= 4 is 11.9 Å². The zero-order chi connectivity index (χ0) is 14.6. The van der Waals surface area contributed by atoms with Gasteiger partial charge in [0.15, 0.2) is 0 Å². The van der Waals surface area contributed by atoms with Crippen LogP contribution in [0.3, 0.4) is 0 Å². The minimum absolute atomic E-state index is 0.0131. The Morgan fingerprint density at radius 2 is 2.05 bits per heavy atom. The van der Waals surface area contributed by atoms with Crippen LogP contribution in [0.1, 0.15) is 44.9 Å². The van der Waals surface area contributed by atoms with E-state index >= 15 is 0 Å². The van der Waals surface area contributed by atoms with Crippen LogP contribution < -0.4 is 10.6 Å². The Morgan fingerprint density at radius 1 is 1.35 bits per heavy atom. The lowest BCUT2D eigenvalue weighted by Crippen LogP contribution is -2.55. The number of rotatable bonds is 5. The number of amides is 1. The van der Waals surface area contributed by atoms with Crippen molar-refractivity contribution in [3.8, 4) is 0 Å². The molecule has 0 bridgehead atoms. The summed E-state index contributed by atoms with van der Waals surface area (Å²) >= 11 is 0. The van der Waals surface area contributed by atoms with E-state index in [9.17, 15) is 9.59 Å². The van der Waals surface area contributed by atoms with Gasteiger partial charge in [-0.2, -0.15) is 0 Å². The molecule has 1 aliphatic carbocycles. The third-order valence-electron chi connectivity index (χ3n) is 4.43. The van der Waals surface area contributed by atoms with E-state index < -0.39 is 11.5 Å². The Hall–Kier alpha value is -1.14. The summed E-state index contributed by atoms with van der Waals surface area (Å²) < 4.78 is 5.23. The van der Waals surface area contributed by atoms with Gasteiger partial charge in [0.2, 0.25) is 5.91 Å². The van der Waals surface area contributed by atoms with Gasteiger partial charge in [0, 0.05) is 13.7 Å². The van der Waals surface area contributed by atoms with E-state index in [-0.39, 0.29) is 24.5 Å². The molecule has 2 unspecified atom stereocenters. The first kappa shape index (κ1) is 15.3. The lowest BCUT2D eigenvalue weighted by Gasteiger charge is -2.37. The Morgan fingerprint density at radius 3 is 2.60 bits per heavy atom. The fourth-order valence-corrected chi connectivity index (χ4v) is 3.30. The van der Waals surface area contributed by atoms with Crippen molar-refractivity contribution in [1.82, 2.24) is 10.6 Å². The van der Waals surface area contributed by atoms with Gasteiger partial charge in [0.1, 0.15) is 0 Å². The molecule has 2 aliphatic rings. The smallest absolute Gasteiger partial charge is 0.305 e. The number of hydrogen-bond acceptors (Lipinski definition) is 4. The predicted molar refractivity (Wildman–Crippen MR) is 73.4 cm³/mol. The summed E-state index contributed by atoms with van der Waals surface area (Å²) in [6.45, 7) is 0.667. The normalized spacial score (nSPS) is 29.1. The maximum Gasteiger partial charge on any atom is 0.305 e. The van der Waals surface area contributed by atoms with E-state index in [1.807, 2.05) is 0 Å². The molecular weight excluding hydrogens is 260 g/mol. The Bertz CT molecular complexity index is 366. The van der Waals surface area contributed by atoms with Crippen molar-refractivity contribution in [2.24, 2.45) is 0 Å². The first-order valence-electron chi connectivity index (χ1n) is 7.35. The molecule has 3 N–H and O–H groups in total. The lowest BCUT2D eigenvalue weighted by atomic mass is 9.79. The Labute approximate surface area is 119 Å². The maximum atomic E-state index is 12.3. The summed E-state index contributed by atoms with van der Waals surface area (Å²) in [5.74, 6) is -0.936. The van der Waals surface area contributed by atoms with Crippen molar-refractivity contribution < 1.29 is 19.4 Å². The molecule has 6 nitrogen and oxygen atoms in total. The summed E-state index contributed by atoms with van der Waals surface area (Å²) in [6, 6.07) is -0.271. The molecule has 2 fully saturated rings. The van der Waals surface area contributed by atoms with Crippen LogP contribution in [0, 0.1) is 0 Å². The van der Waals surface area contributed by atoms with Gasteiger partial charge in [-0.1, -0.05) is 19.3 Å². The summed E-state index contributed by atoms with van der Waals surface area (Å²) in [4.78, 5) is 23.4. The molecular formula is C14H24N2O4. The van der Waals surface area contributed by atoms with Gasteiger partial charge in [0.25, 0.3) is 0 Å². The van der Waals surface area contributed by atoms with E-state index in [0.29, 0.717) is 13.0 Å². The number of carboxylic acid groups (broad SMARTS) is 1. The lowest BCUT2D eigenvalue weighted by molar-refractivity contribution is -0.139. The van der Waals surface area contributed by atoms with Crippen molar-refractivity contribution in [3.05, 3.63) is 0 Å². The summed E-state index contributed by atoms with van der Waals surface area (Å²) in [5.41, 5.74) is -0.562. The highest BCUT2D eigenvalue weighted by atomic mass is 16.5. The van der Waals surface area contributed by atoms with Gasteiger partial charge in [-0.25, -0.2) is 0 Å². The van der Waals surface area contributed by atoms with E-state index in [0.717, 1.165) is 32.1 Å². The molecule has 1 saturated carbocycles. The highest BCUT2D eigenvalue weighted by Crippen LogP contribution is 2.31. The first-order chi connectivity index (χ1) is 9.54. The number of aliphatic carboxylic acids is 1. The van der Waals surface area contributed by atoms with Crippen LogP contribution in [0.25, 0.3) is 0 Å². The molecule has 0 aromatic carbocycles. The average Bonchev–Trinajstić information content (AvgIpc) is 2.87. The number of nitrogens with one attached hydrogen (secondary N) is 2. The molecule has 0 radical (unpaired) electrons. The molecule has 6 heteroatoms. The Kier molecular flexibility index (Phi) is 4.99. The van der Waals surface area contributed by atoms with E-state index in [2.05, 4.69) is 10.6 Å². The van der Waals surface area contributed by atoms with Gasteiger partial charge in [-0.3, -0.25) is 9.59 Å². The third kappa shape index (κ3) is 3.70. The SMILES string of the molecule is COC1CNC(C(=O)NC2(CC(=O)O)CCCCC2)C1. The number of carboxylic acids is 1. The second-order valence-corrected chi connectivity index (χ2v) is 5.96. The topological polar surface area (TPSA) is 87.7 Å². The average molecular weight is 284 g/mol. The molecule has 0 spiro atoms. The second-order valence-electron chi connectivity index (χ2n) is 5.96. The molecule has 0 aromatic heterocycles. The quantitative estimate of drug-likeness (QED) is 0.690. The molecule has 20 heavy (non-hydrogen) atoms. The minimum Gasteiger partial charge on any atom is -0.481 e. The van der Waals surface area contributed by atoms with Crippen LogP contribution in [0.15, 0.2) is 0 Å². The maximum absolute atomic E-state index is 12.3. The van der Waals surface area contributed by atoms with Gasteiger partial charge >= 0.3 is 5.97 Å². The summed E-state index contributed by atoms with van der Waals surface area (Å²) in [6.07, 6.45) is 5.30. The fraction of sp³-hybridized carbons (Fsp3) is 0.857. The van der Waals surface area contributed by atoms with E-state index in [1.54, 1.807) is 7.11 Å². The van der Waals surface area contributed by atoms with Crippen molar-refractivity contribution in [2.45, 2.75) is 62.6 Å². The largest absolute Gasteiger partial charge is 0.481 e. The molecule has 1 aliphatic heterocycles. The summed E-state index contributed by atoms with van der Waals surface area (Å²) in [7, 11) is 1.64. The second kappa shape index (κ2) is 6.54. The van der Waals surface area contributed by atoms with Crippen LogP contribution in [0.4, 0.5) is 0 Å². The number of hydrogen-bond donors (Lipinski definition) is 3. The molecule has 2 atom stereocenters.